The van der Waals surface area contributed by atoms with Crippen LogP contribution in [0.3, 0.4) is 0 Å². The van der Waals surface area contributed by atoms with Crippen molar-refractivity contribution in [2.45, 2.75) is 97.8 Å². The molecule has 0 spiro atoms. The van der Waals surface area contributed by atoms with Crippen molar-refractivity contribution in [1.82, 2.24) is 9.88 Å². The summed E-state index contributed by atoms with van der Waals surface area (Å²) in [6.07, 6.45) is 6.01. The second kappa shape index (κ2) is 13.3. The minimum absolute atomic E-state index is 0.254. The maximum Gasteiger partial charge on any atom is 0.341 e. The normalized spacial score (nSPS) is 16.2. The molecular formula is C33H41N3O5S. The third-order valence-electron chi connectivity index (χ3n) is 8.31. The molecule has 1 aliphatic carbocycles. The summed E-state index contributed by atoms with van der Waals surface area (Å²) in [6.45, 7) is 9.61. The number of hydrogen-bond acceptors (Lipinski definition) is 8. The van der Waals surface area contributed by atoms with Gasteiger partial charge in [-0.2, -0.15) is 0 Å². The monoisotopic (exact) mass is 591 g/mol. The molecule has 0 saturated heterocycles. The van der Waals surface area contributed by atoms with Gasteiger partial charge in [-0.1, -0.05) is 38.0 Å². The van der Waals surface area contributed by atoms with Gasteiger partial charge in [0.05, 0.1) is 23.3 Å². The van der Waals surface area contributed by atoms with E-state index in [1.165, 1.54) is 11.3 Å². The van der Waals surface area contributed by atoms with Crippen molar-refractivity contribution in [2.75, 3.05) is 18.5 Å². The molecule has 0 bridgehead atoms. The lowest BCUT2D eigenvalue weighted by atomic mass is 9.95. The van der Waals surface area contributed by atoms with Crippen molar-refractivity contribution in [3.8, 4) is 0 Å². The molecule has 8 nitrogen and oxygen atoms in total. The van der Waals surface area contributed by atoms with Crippen LogP contribution in [0.4, 0.5) is 5.00 Å². The van der Waals surface area contributed by atoms with Gasteiger partial charge in [-0.3, -0.25) is 14.7 Å². The molecule has 3 aromatic rings. The largest absolute Gasteiger partial charge is 0.462 e. The van der Waals surface area contributed by atoms with Gasteiger partial charge in [0, 0.05) is 47.1 Å². The molecule has 2 aliphatic rings. The fourth-order valence-electron chi connectivity index (χ4n) is 6.01. The zero-order valence-electron chi connectivity index (χ0n) is 25.1. The number of carbonyl (C=O) groups is 3. The fraction of sp³-hybridized carbons (Fsp3) is 0.515. The van der Waals surface area contributed by atoms with E-state index in [1.807, 2.05) is 31.2 Å². The van der Waals surface area contributed by atoms with Crippen LogP contribution in [-0.2, 0) is 40.1 Å². The number of nitrogens with zero attached hydrogens (tertiary/aromatic N) is 2. The van der Waals surface area contributed by atoms with Crippen LogP contribution in [0.1, 0.15) is 102 Å². The number of rotatable bonds is 8. The molecule has 2 aromatic heterocycles. The lowest BCUT2D eigenvalue weighted by Gasteiger charge is -2.32. The van der Waals surface area contributed by atoms with Gasteiger partial charge in [0.1, 0.15) is 5.00 Å². The van der Waals surface area contributed by atoms with Crippen molar-refractivity contribution in [3.05, 3.63) is 57.1 Å². The number of hydrogen-bond donors (Lipinski definition) is 1. The SMILES string of the molecule is CCOC(=O)c1c(NC(=O)C(CC)OC(=O)c2c3c(nc4ccccc24)CCN(C(C)C)C3)sc2c1CCCCCC2. The zero-order valence-corrected chi connectivity index (χ0v) is 25.9. The highest BCUT2D eigenvalue weighted by atomic mass is 32.1. The predicted molar refractivity (Wildman–Crippen MR) is 165 cm³/mol. The van der Waals surface area contributed by atoms with E-state index >= 15 is 0 Å². The van der Waals surface area contributed by atoms with E-state index in [0.29, 0.717) is 35.1 Å². The number of fused-ring (bicyclic) bond motifs is 3. The molecular weight excluding hydrogens is 550 g/mol. The maximum absolute atomic E-state index is 13.9. The summed E-state index contributed by atoms with van der Waals surface area (Å²) in [6, 6.07) is 7.92. The van der Waals surface area contributed by atoms with Gasteiger partial charge in [-0.15, -0.1) is 11.3 Å². The first-order valence-corrected chi connectivity index (χ1v) is 16.1. The fourth-order valence-corrected chi connectivity index (χ4v) is 7.29. The number of thiophene rings is 1. The molecule has 5 rings (SSSR count). The Morgan fingerprint density at radius 3 is 2.48 bits per heavy atom. The van der Waals surface area contributed by atoms with E-state index in [2.05, 4.69) is 24.1 Å². The van der Waals surface area contributed by atoms with E-state index in [1.54, 1.807) is 6.92 Å². The summed E-state index contributed by atoms with van der Waals surface area (Å²) < 4.78 is 11.4. The van der Waals surface area contributed by atoms with Crippen LogP contribution in [0.25, 0.3) is 10.9 Å². The molecule has 224 valence electrons. The molecule has 3 heterocycles. The van der Waals surface area contributed by atoms with E-state index in [0.717, 1.165) is 84.1 Å². The Bertz CT molecular complexity index is 1480. The Balaban J connectivity index is 1.44. The number of carbonyl (C=O) groups excluding carboxylic acids is 3. The number of aromatic nitrogens is 1. The van der Waals surface area contributed by atoms with Gasteiger partial charge in [0.25, 0.3) is 5.91 Å². The summed E-state index contributed by atoms with van der Waals surface area (Å²) in [5.74, 6) is -1.39. The summed E-state index contributed by atoms with van der Waals surface area (Å²) >= 11 is 1.45. The van der Waals surface area contributed by atoms with E-state index in [9.17, 15) is 14.4 Å². The predicted octanol–water partition coefficient (Wildman–Crippen LogP) is 6.47. The van der Waals surface area contributed by atoms with Gasteiger partial charge in [-0.25, -0.2) is 9.59 Å². The molecule has 1 aliphatic heterocycles. The third-order valence-corrected chi connectivity index (χ3v) is 9.52. The van der Waals surface area contributed by atoms with E-state index in [-0.39, 0.29) is 6.61 Å². The van der Waals surface area contributed by atoms with Gasteiger partial charge in [0.15, 0.2) is 6.10 Å². The summed E-state index contributed by atoms with van der Waals surface area (Å²) in [5.41, 5.74) is 4.45. The van der Waals surface area contributed by atoms with Gasteiger partial charge < -0.3 is 14.8 Å². The van der Waals surface area contributed by atoms with E-state index in [4.69, 9.17) is 14.5 Å². The lowest BCUT2D eigenvalue weighted by Crippen LogP contribution is -2.38. The number of ether oxygens (including phenoxy) is 2. The van der Waals surface area contributed by atoms with Gasteiger partial charge in [-0.05, 0) is 64.5 Å². The maximum atomic E-state index is 13.9. The number of benzene rings is 1. The Morgan fingerprint density at radius 2 is 1.74 bits per heavy atom. The number of aryl methyl sites for hydroxylation is 1. The highest BCUT2D eigenvalue weighted by molar-refractivity contribution is 7.17. The number of esters is 2. The molecule has 1 atom stereocenters. The van der Waals surface area contributed by atoms with Crippen LogP contribution in [-0.4, -0.2) is 53.0 Å². The summed E-state index contributed by atoms with van der Waals surface area (Å²) in [5, 5.41) is 4.17. The molecule has 0 saturated carbocycles. The molecule has 1 N–H and O–H groups in total. The lowest BCUT2D eigenvalue weighted by molar-refractivity contribution is -0.124. The van der Waals surface area contributed by atoms with E-state index < -0.39 is 23.9 Å². The van der Waals surface area contributed by atoms with Crippen LogP contribution in [0.5, 0.6) is 0 Å². The second-order valence-electron chi connectivity index (χ2n) is 11.4. The number of nitrogens with one attached hydrogen (secondary N) is 1. The van der Waals surface area contributed by atoms with Crippen LogP contribution < -0.4 is 5.32 Å². The third kappa shape index (κ3) is 6.22. The van der Waals surface area contributed by atoms with Crippen LogP contribution in [0.15, 0.2) is 24.3 Å². The second-order valence-corrected chi connectivity index (χ2v) is 12.5. The van der Waals surface area contributed by atoms with Crippen molar-refractivity contribution >= 4 is 45.1 Å². The molecule has 1 aromatic carbocycles. The molecule has 0 fully saturated rings. The van der Waals surface area contributed by atoms with Gasteiger partial charge in [0.2, 0.25) is 0 Å². The highest BCUT2D eigenvalue weighted by Crippen LogP contribution is 2.38. The van der Waals surface area contributed by atoms with Crippen LogP contribution >= 0.6 is 11.3 Å². The Morgan fingerprint density at radius 1 is 0.976 bits per heavy atom. The first kappa shape index (κ1) is 30.2. The number of para-hydroxylation sites is 1. The zero-order chi connectivity index (χ0) is 29.8. The minimum Gasteiger partial charge on any atom is -0.462 e. The first-order chi connectivity index (χ1) is 20.3. The van der Waals surface area contributed by atoms with Crippen molar-refractivity contribution < 1.29 is 23.9 Å². The van der Waals surface area contributed by atoms with Crippen molar-refractivity contribution in [2.24, 2.45) is 0 Å². The highest BCUT2D eigenvalue weighted by Gasteiger charge is 2.32. The molecule has 0 radical (unpaired) electrons. The number of amides is 1. The summed E-state index contributed by atoms with van der Waals surface area (Å²) in [4.78, 5) is 48.9. The standard InChI is InChI=1S/C33H41N3O5S/c1-5-26(30(37)35-31-29(32(38)40-6-2)22-14-9-7-8-10-16-27(22)42-31)41-33(39)28-21-13-11-12-15-24(21)34-25-17-18-36(20(3)4)19-23(25)28/h11-13,15,20,26H,5-10,14,16-19H2,1-4H3,(H,35,37). The molecule has 1 unspecified atom stereocenters. The minimum atomic E-state index is -1.02. The van der Waals surface area contributed by atoms with Crippen molar-refractivity contribution in [1.29, 1.82) is 0 Å². The Labute approximate surface area is 251 Å². The molecule has 42 heavy (non-hydrogen) atoms. The smallest absolute Gasteiger partial charge is 0.341 e. The number of pyridine rings is 1. The quantitative estimate of drug-likeness (QED) is 0.300. The average Bonchev–Trinajstić information content (AvgIpc) is 3.29. The summed E-state index contributed by atoms with van der Waals surface area (Å²) in [7, 11) is 0. The number of anilines is 1. The Hall–Kier alpha value is -3.30. The van der Waals surface area contributed by atoms with Crippen molar-refractivity contribution in [3.63, 3.8) is 0 Å². The Kier molecular flexibility index (Phi) is 9.58. The molecule has 9 heteroatoms. The molecule has 1 amide bonds. The van der Waals surface area contributed by atoms with Gasteiger partial charge >= 0.3 is 11.9 Å². The van der Waals surface area contributed by atoms with Crippen LogP contribution in [0, 0.1) is 0 Å². The average molecular weight is 592 g/mol. The van der Waals surface area contributed by atoms with Crippen LogP contribution in [0.2, 0.25) is 0 Å². The first-order valence-electron chi connectivity index (χ1n) is 15.3. The topological polar surface area (TPSA) is 97.8 Å².